The number of hydrogen-bond donors (Lipinski definition) is 2. The van der Waals surface area contributed by atoms with Gasteiger partial charge >= 0.3 is 6.03 Å². The van der Waals surface area contributed by atoms with Crippen molar-refractivity contribution in [3.63, 3.8) is 0 Å². The Balaban J connectivity index is 1.65. The van der Waals surface area contributed by atoms with Crippen molar-refractivity contribution in [2.45, 2.75) is 24.9 Å². The molecular weight excluding hydrogens is 304 g/mol. The summed E-state index contributed by atoms with van der Waals surface area (Å²) in [6.07, 6.45) is 1.99. The average molecular weight is 322 g/mol. The van der Waals surface area contributed by atoms with E-state index in [1.807, 2.05) is 22.9 Å². The molecule has 21 heavy (non-hydrogen) atoms. The molecule has 0 unspecified atom stereocenters. The number of amides is 2. The Labute approximate surface area is 132 Å². The molecule has 0 bridgehead atoms. The van der Waals surface area contributed by atoms with Crippen molar-refractivity contribution >= 4 is 28.7 Å². The normalized spacial score (nSPS) is 18.6. The van der Waals surface area contributed by atoms with Crippen LogP contribution in [0, 0.1) is 0 Å². The second-order valence-corrected chi connectivity index (χ2v) is 6.95. The summed E-state index contributed by atoms with van der Waals surface area (Å²) < 4.78 is 5.39. The van der Waals surface area contributed by atoms with Gasteiger partial charge in [0.25, 0.3) is 0 Å². The summed E-state index contributed by atoms with van der Waals surface area (Å²) >= 11 is 3.31. The van der Waals surface area contributed by atoms with Crippen molar-refractivity contribution in [3.8, 4) is 0 Å². The largest absolute Gasteiger partial charge is 0.379 e. The van der Waals surface area contributed by atoms with Crippen LogP contribution in [-0.2, 0) is 4.74 Å². The highest BCUT2D eigenvalue weighted by atomic mass is 32.1. The van der Waals surface area contributed by atoms with Crippen molar-refractivity contribution in [2.75, 3.05) is 13.2 Å². The van der Waals surface area contributed by atoms with E-state index in [-0.39, 0.29) is 18.1 Å². The fourth-order valence-corrected chi connectivity index (χ4v) is 4.07. The predicted molar refractivity (Wildman–Crippen MR) is 86.0 cm³/mol. The van der Waals surface area contributed by atoms with Gasteiger partial charge in [0.2, 0.25) is 0 Å². The summed E-state index contributed by atoms with van der Waals surface area (Å²) in [6, 6.07) is 8.04. The minimum Gasteiger partial charge on any atom is -0.379 e. The predicted octanol–water partition coefficient (Wildman–Crippen LogP) is 3.38. The van der Waals surface area contributed by atoms with Gasteiger partial charge in [0.05, 0.1) is 18.7 Å². The Kier molecular flexibility index (Phi) is 4.90. The van der Waals surface area contributed by atoms with Crippen LogP contribution >= 0.6 is 22.7 Å². The van der Waals surface area contributed by atoms with E-state index in [0.717, 1.165) is 29.2 Å². The maximum absolute atomic E-state index is 12.2. The second kappa shape index (κ2) is 7.06. The minimum absolute atomic E-state index is 0.0745. The molecule has 4 nitrogen and oxygen atoms in total. The molecule has 6 heteroatoms. The summed E-state index contributed by atoms with van der Waals surface area (Å²) in [5, 5.41) is 10.2. The van der Waals surface area contributed by atoms with Gasteiger partial charge in [-0.2, -0.15) is 0 Å². The molecule has 1 saturated heterocycles. The lowest BCUT2D eigenvalue weighted by Crippen LogP contribution is -2.46. The lowest BCUT2D eigenvalue weighted by Gasteiger charge is -2.24. The molecule has 2 amide bonds. The Morgan fingerprint density at radius 2 is 1.95 bits per heavy atom. The second-order valence-electron chi connectivity index (χ2n) is 5.00. The Bertz CT molecular complexity index is 514. The van der Waals surface area contributed by atoms with Crippen molar-refractivity contribution < 1.29 is 9.53 Å². The first kappa shape index (κ1) is 14.6. The van der Waals surface area contributed by atoms with Crippen molar-refractivity contribution in [3.05, 3.63) is 44.8 Å². The van der Waals surface area contributed by atoms with E-state index >= 15 is 0 Å². The van der Waals surface area contributed by atoms with E-state index < -0.39 is 0 Å². The number of nitrogens with one attached hydrogen (secondary N) is 2. The van der Waals surface area contributed by atoms with Gasteiger partial charge in [0, 0.05) is 16.4 Å². The molecule has 2 aromatic heterocycles. The van der Waals surface area contributed by atoms with Crippen molar-refractivity contribution in [2.24, 2.45) is 0 Å². The SMILES string of the molecule is O=C(NC(c1cccs1)c1cccs1)N[C@H]1CCCOC1. The van der Waals surface area contributed by atoms with Gasteiger partial charge in [-0.1, -0.05) is 12.1 Å². The monoisotopic (exact) mass is 322 g/mol. The highest BCUT2D eigenvalue weighted by molar-refractivity contribution is 7.11. The number of carbonyl (C=O) groups excluding carboxylic acids is 1. The lowest BCUT2D eigenvalue weighted by molar-refractivity contribution is 0.0731. The van der Waals surface area contributed by atoms with Crippen molar-refractivity contribution in [1.29, 1.82) is 0 Å². The van der Waals surface area contributed by atoms with Gasteiger partial charge in [-0.3, -0.25) is 0 Å². The molecule has 3 rings (SSSR count). The van der Waals surface area contributed by atoms with Gasteiger partial charge in [-0.05, 0) is 35.7 Å². The number of ether oxygens (including phenoxy) is 1. The fourth-order valence-electron chi connectivity index (χ4n) is 2.41. The summed E-state index contributed by atoms with van der Waals surface area (Å²) in [5.74, 6) is 0. The quantitative estimate of drug-likeness (QED) is 0.906. The van der Waals surface area contributed by atoms with Crippen LogP contribution in [-0.4, -0.2) is 25.3 Å². The standard InChI is InChI=1S/C15H18N2O2S2/c18-15(16-11-4-1-7-19-10-11)17-14(12-5-2-8-20-12)13-6-3-9-21-13/h2-3,5-6,8-9,11,14H,1,4,7,10H2,(H2,16,17,18)/t11-/m0/s1. The Hall–Kier alpha value is -1.37. The molecule has 2 aromatic rings. The zero-order valence-corrected chi connectivity index (χ0v) is 13.2. The van der Waals surface area contributed by atoms with Crippen LogP contribution in [0.1, 0.15) is 28.6 Å². The molecule has 0 aliphatic carbocycles. The third kappa shape index (κ3) is 3.84. The first-order valence-electron chi connectivity index (χ1n) is 7.04. The van der Waals surface area contributed by atoms with Crippen LogP contribution in [0.25, 0.3) is 0 Å². The van der Waals surface area contributed by atoms with Gasteiger partial charge < -0.3 is 15.4 Å². The van der Waals surface area contributed by atoms with Gasteiger partial charge in [0.15, 0.2) is 0 Å². The smallest absolute Gasteiger partial charge is 0.315 e. The third-order valence-electron chi connectivity index (χ3n) is 3.43. The average Bonchev–Trinajstić information content (AvgIpc) is 3.19. The molecular formula is C15H18N2O2S2. The number of rotatable bonds is 4. The van der Waals surface area contributed by atoms with Crippen LogP contribution in [0.3, 0.4) is 0 Å². The maximum Gasteiger partial charge on any atom is 0.315 e. The molecule has 2 N–H and O–H groups in total. The van der Waals surface area contributed by atoms with Gasteiger partial charge in [-0.25, -0.2) is 4.79 Å². The molecule has 1 fully saturated rings. The Morgan fingerprint density at radius 1 is 1.24 bits per heavy atom. The molecule has 112 valence electrons. The van der Waals surface area contributed by atoms with Crippen LogP contribution in [0.5, 0.6) is 0 Å². The molecule has 0 spiro atoms. The lowest BCUT2D eigenvalue weighted by atomic mass is 10.1. The highest BCUT2D eigenvalue weighted by Gasteiger charge is 2.21. The molecule has 1 aliphatic heterocycles. The van der Waals surface area contributed by atoms with Gasteiger partial charge in [0.1, 0.15) is 0 Å². The fraction of sp³-hybridized carbons (Fsp3) is 0.400. The zero-order chi connectivity index (χ0) is 14.5. The Morgan fingerprint density at radius 3 is 2.48 bits per heavy atom. The summed E-state index contributed by atoms with van der Waals surface area (Å²) in [4.78, 5) is 14.5. The topological polar surface area (TPSA) is 50.4 Å². The summed E-state index contributed by atoms with van der Waals surface area (Å²) in [6.45, 7) is 1.41. The maximum atomic E-state index is 12.2. The van der Waals surface area contributed by atoms with E-state index in [1.54, 1.807) is 22.7 Å². The van der Waals surface area contributed by atoms with Crippen LogP contribution in [0.2, 0.25) is 0 Å². The van der Waals surface area contributed by atoms with E-state index in [9.17, 15) is 4.79 Å². The number of carbonyl (C=O) groups is 1. The number of urea groups is 1. The molecule has 0 radical (unpaired) electrons. The van der Waals surface area contributed by atoms with E-state index in [2.05, 4.69) is 22.8 Å². The minimum atomic E-state index is -0.127. The first-order valence-corrected chi connectivity index (χ1v) is 8.80. The third-order valence-corrected chi connectivity index (χ3v) is 5.30. The number of hydrogen-bond acceptors (Lipinski definition) is 4. The van der Waals surface area contributed by atoms with E-state index in [1.165, 1.54) is 0 Å². The van der Waals surface area contributed by atoms with Crippen LogP contribution in [0.4, 0.5) is 4.79 Å². The van der Waals surface area contributed by atoms with Crippen molar-refractivity contribution in [1.82, 2.24) is 10.6 Å². The molecule has 0 aromatic carbocycles. The number of thiophene rings is 2. The molecule has 1 atom stereocenters. The van der Waals surface area contributed by atoms with E-state index in [0.29, 0.717) is 6.61 Å². The molecule has 0 saturated carbocycles. The summed E-state index contributed by atoms with van der Waals surface area (Å²) in [7, 11) is 0. The highest BCUT2D eigenvalue weighted by Crippen LogP contribution is 2.29. The molecule has 1 aliphatic rings. The van der Waals surface area contributed by atoms with Gasteiger partial charge in [-0.15, -0.1) is 22.7 Å². The van der Waals surface area contributed by atoms with E-state index in [4.69, 9.17) is 4.74 Å². The summed E-state index contributed by atoms with van der Waals surface area (Å²) in [5.41, 5.74) is 0. The van der Waals surface area contributed by atoms with Crippen LogP contribution < -0.4 is 10.6 Å². The first-order chi connectivity index (χ1) is 10.3. The molecule has 3 heterocycles. The zero-order valence-electron chi connectivity index (χ0n) is 11.6. The van der Waals surface area contributed by atoms with Crippen LogP contribution in [0.15, 0.2) is 35.0 Å².